The minimum atomic E-state index is -0.178. The van der Waals surface area contributed by atoms with Crippen LogP contribution >= 0.6 is 0 Å². The minimum absolute atomic E-state index is 0.113. The van der Waals surface area contributed by atoms with Crippen molar-refractivity contribution >= 4 is 6.03 Å². The van der Waals surface area contributed by atoms with Gasteiger partial charge in [-0.05, 0) is 32.1 Å². The van der Waals surface area contributed by atoms with E-state index in [4.69, 9.17) is 4.74 Å². The van der Waals surface area contributed by atoms with Crippen molar-refractivity contribution in [3.8, 4) is 0 Å². The van der Waals surface area contributed by atoms with Gasteiger partial charge in [-0.15, -0.1) is 0 Å². The molecule has 1 aliphatic rings. The second kappa shape index (κ2) is 7.46. The lowest BCUT2D eigenvalue weighted by molar-refractivity contribution is 0.117. The number of aliphatic hydroxyl groups excluding tert-OH is 1. The number of hydrogen-bond acceptors (Lipinski definition) is 3. The van der Waals surface area contributed by atoms with Gasteiger partial charge in [0.1, 0.15) is 0 Å². The van der Waals surface area contributed by atoms with E-state index in [-0.39, 0.29) is 18.2 Å². The number of nitrogens with one attached hydrogen (secondary N) is 2. The quantitative estimate of drug-likeness (QED) is 0.607. The van der Waals surface area contributed by atoms with Crippen molar-refractivity contribution < 1.29 is 14.6 Å². The van der Waals surface area contributed by atoms with E-state index in [0.29, 0.717) is 13.2 Å². The number of carbonyl (C=O) groups excluding carboxylic acids is 1. The van der Waals surface area contributed by atoms with E-state index < -0.39 is 0 Å². The van der Waals surface area contributed by atoms with Gasteiger partial charge in [-0.25, -0.2) is 4.79 Å². The molecule has 5 nitrogen and oxygen atoms in total. The normalized spacial score (nSPS) is 25.1. The number of carbonyl (C=O) groups is 1. The maximum atomic E-state index is 11.4. The van der Waals surface area contributed by atoms with Gasteiger partial charge in [0.15, 0.2) is 0 Å². The Morgan fingerprint density at radius 2 is 2.06 bits per heavy atom. The Morgan fingerprint density at radius 1 is 1.38 bits per heavy atom. The number of hydrogen-bond donors (Lipinski definition) is 3. The van der Waals surface area contributed by atoms with E-state index in [0.717, 1.165) is 32.1 Å². The molecule has 0 aliphatic heterocycles. The molecule has 0 aromatic rings. The fraction of sp³-hybridized carbons (Fsp3) is 0.909. The molecule has 0 saturated heterocycles. The van der Waals surface area contributed by atoms with Crippen LogP contribution in [-0.4, -0.2) is 43.5 Å². The predicted molar refractivity (Wildman–Crippen MR) is 61.3 cm³/mol. The highest BCUT2D eigenvalue weighted by Crippen LogP contribution is 2.17. The molecule has 0 heterocycles. The Morgan fingerprint density at radius 3 is 2.69 bits per heavy atom. The summed E-state index contributed by atoms with van der Waals surface area (Å²) in [6, 6.07) is 0.100. The zero-order valence-corrected chi connectivity index (χ0v) is 9.87. The second-order valence-electron chi connectivity index (χ2n) is 4.25. The lowest BCUT2D eigenvalue weighted by atomic mass is 9.93. The summed E-state index contributed by atoms with van der Waals surface area (Å²) in [6.45, 7) is 1.30. The second-order valence-corrected chi connectivity index (χ2v) is 4.25. The van der Waals surface area contributed by atoms with Gasteiger partial charge in [-0.3, -0.25) is 0 Å². The molecule has 0 spiro atoms. The average Bonchev–Trinajstić information content (AvgIpc) is 2.28. The molecular weight excluding hydrogens is 208 g/mol. The summed E-state index contributed by atoms with van der Waals surface area (Å²) in [5.74, 6) is 0. The third kappa shape index (κ3) is 5.32. The van der Waals surface area contributed by atoms with Gasteiger partial charge >= 0.3 is 6.03 Å². The molecule has 1 aliphatic carbocycles. The first-order valence-corrected chi connectivity index (χ1v) is 5.93. The van der Waals surface area contributed by atoms with Crippen LogP contribution in [0.5, 0.6) is 0 Å². The lowest BCUT2D eigenvalue weighted by Gasteiger charge is -2.26. The van der Waals surface area contributed by atoms with Gasteiger partial charge in [-0.2, -0.15) is 0 Å². The Bertz CT molecular complexity index is 203. The van der Waals surface area contributed by atoms with Crippen LogP contribution in [0.15, 0.2) is 0 Å². The number of methoxy groups -OCH3 is 1. The van der Waals surface area contributed by atoms with Gasteiger partial charge in [0.2, 0.25) is 0 Å². The van der Waals surface area contributed by atoms with Crippen LogP contribution in [0.1, 0.15) is 32.1 Å². The molecule has 0 atom stereocenters. The Labute approximate surface area is 96.6 Å². The van der Waals surface area contributed by atoms with Crippen LogP contribution in [0.3, 0.4) is 0 Å². The van der Waals surface area contributed by atoms with Crippen molar-refractivity contribution in [2.45, 2.75) is 44.2 Å². The molecule has 0 aromatic heterocycles. The highest BCUT2D eigenvalue weighted by atomic mass is 16.5. The monoisotopic (exact) mass is 230 g/mol. The highest BCUT2D eigenvalue weighted by molar-refractivity contribution is 5.74. The third-order valence-corrected chi connectivity index (χ3v) is 2.84. The van der Waals surface area contributed by atoms with E-state index in [1.807, 2.05) is 0 Å². The Kier molecular flexibility index (Phi) is 6.18. The maximum Gasteiger partial charge on any atom is 0.315 e. The van der Waals surface area contributed by atoms with Crippen LogP contribution in [0, 0.1) is 0 Å². The zero-order chi connectivity index (χ0) is 11.8. The fourth-order valence-corrected chi connectivity index (χ4v) is 1.88. The van der Waals surface area contributed by atoms with Crippen LogP contribution < -0.4 is 10.6 Å². The van der Waals surface area contributed by atoms with E-state index in [2.05, 4.69) is 10.6 Å². The van der Waals surface area contributed by atoms with Crippen LogP contribution in [0.25, 0.3) is 0 Å². The summed E-state index contributed by atoms with van der Waals surface area (Å²) in [5.41, 5.74) is 0. The van der Waals surface area contributed by atoms with Crippen LogP contribution in [0.4, 0.5) is 4.79 Å². The van der Waals surface area contributed by atoms with Gasteiger partial charge in [0.05, 0.1) is 6.10 Å². The van der Waals surface area contributed by atoms with E-state index >= 15 is 0 Å². The smallest absolute Gasteiger partial charge is 0.315 e. The number of rotatable bonds is 5. The van der Waals surface area contributed by atoms with Crippen LogP contribution in [-0.2, 0) is 4.74 Å². The summed E-state index contributed by atoms with van der Waals surface area (Å²) in [7, 11) is 1.65. The first kappa shape index (κ1) is 13.3. The summed E-state index contributed by atoms with van der Waals surface area (Å²) in [4.78, 5) is 11.4. The average molecular weight is 230 g/mol. The standard InChI is InChI=1S/C11H22N2O3/c1-16-8-2-7-12-11(15)13-9-3-5-10(14)6-4-9/h9-10,14H,2-8H2,1H3,(H2,12,13,15). The number of amides is 2. The fourth-order valence-electron chi connectivity index (χ4n) is 1.88. The van der Waals surface area contributed by atoms with Gasteiger partial charge in [-0.1, -0.05) is 0 Å². The van der Waals surface area contributed by atoms with Crippen molar-refractivity contribution in [3.05, 3.63) is 0 Å². The Balaban J connectivity index is 2.05. The molecular formula is C11H22N2O3. The van der Waals surface area contributed by atoms with Gasteiger partial charge in [0, 0.05) is 26.3 Å². The Hall–Kier alpha value is -0.810. The van der Waals surface area contributed by atoms with Gasteiger partial charge in [0.25, 0.3) is 0 Å². The van der Waals surface area contributed by atoms with Crippen molar-refractivity contribution in [2.75, 3.05) is 20.3 Å². The summed E-state index contributed by atoms with van der Waals surface area (Å²) >= 11 is 0. The molecule has 0 radical (unpaired) electrons. The number of ether oxygens (including phenoxy) is 1. The minimum Gasteiger partial charge on any atom is -0.393 e. The summed E-state index contributed by atoms with van der Waals surface area (Å²) < 4.78 is 4.89. The molecule has 3 N–H and O–H groups in total. The van der Waals surface area contributed by atoms with Gasteiger partial charge < -0.3 is 20.5 Å². The first-order chi connectivity index (χ1) is 7.72. The molecule has 2 amide bonds. The SMILES string of the molecule is COCCCNC(=O)NC1CCC(O)CC1. The maximum absolute atomic E-state index is 11.4. The van der Waals surface area contributed by atoms with Crippen molar-refractivity contribution in [1.29, 1.82) is 0 Å². The van der Waals surface area contributed by atoms with Crippen molar-refractivity contribution in [3.63, 3.8) is 0 Å². The van der Waals surface area contributed by atoms with E-state index in [1.165, 1.54) is 0 Å². The molecule has 5 heteroatoms. The molecule has 1 fully saturated rings. The first-order valence-electron chi connectivity index (χ1n) is 5.93. The van der Waals surface area contributed by atoms with Crippen LogP contribution in [0.2, 0.25) is 0 Å². The largest absolute Gasteiger partial charge is 0.393 e. The molecule has 1 saturated carbocycles. The molecule has 1 rings (SSSR count). The molecule has 0 aromatic carbocycles. The number of aliphatic hydroxyl groups is 1. The number of urea groups is 1. The topological polar surface area (TPSA) is 70.6 Å². The van der Waals surface area contributed by atoms with E-state index in [1.54, 1.807) is 7.11 Å². The highest BCUT2D eigenvalue weighted by Gasteiger charge is 2.20. The summed E-state index contributed by atoms with van der Waals surface area (Å²) in [6.07, 6.45) is 3.96. The van der Waals surface area contributed by atoms with E-state index in [9.17, 15) is 9.90 Å². The molecule has 0 unspecified atom stereocenters. The third-order valence-electron chi connectivity index (χ3n) is 2.84. The molecule has 0 bridgehead atoms. The summed E-state index contributed by atoms with van der Waals surface area (Å²) in [5, 5.41) is 15.0. The molecule has 16 heavy (non-hydrogen) atoms. The van der Waals surface area contributed by atoms with Crippen molar-refractivity contribution in [2.24, 2.45) is 0 Å². The zero-order valence-electron chi connectivity index (χ0n) is 9.87. The lowest BCUT2D eigenvalue weighted by Crippen LogP contribution is -2.44. The van der Waals surface area contributed by atoms with Crippen molar-refractivity contribution in [1.82, 2.24) is 10.6 Å². The predicted octanol–water partition coefficient (Wildman–Crippen LogP) is 0.626. The molecule has 94 valence electrons.